The normalized spacial score (nSPS) is 16.5. The molecule has 3 N–H and O–H groups in total. The fourth-order valence-corrected chi connectivity index (χ4v) is 2.67. The summed E-state index contributed by atoms with van der Waals surface area (Å²) < 4.78 is 0. The first kappa shape index (κ1) is 20.5. The van der Waals surface area contributed by atoms with Crippen molar-refractivity contribution in [1.82, 2.24) is 10.2 Å². The Morgan fingerprint density at radius 3 is 2.46 bits per heavy atom. The summed E-state index contributed by atoms with van der Waals surface area (Å²) in [4.78, 5) is 25.5. The molecule has 2 rings (SSSR count). The summed E-state index contributed by atoms with van der Waals surface area (Å²) in [5.41, 5.74) is 8.07. The highest BCUT2D eigenvalue weighted by atomic mass is 35.5. The quantitative estimate of drug-likeness (QED) is 0.789. The number of carbonyl (C=O) groups is 2. The zero-order chi connectivity index (χ0) is 16.8. The Morgan fingerprint density at radius 2 is 1.92 bits per heavy atom. The van der Waals surface area contributed by atoms with Gasteiger partial charge >= 0.3 is 0 Å². The maximum Gasteiger partial charge on any atom is 0.237 e. The molecule has 2 unspecified atom stereocenters. The number of nitrogens with zero attached hydrogens (tertiary/aromatic N) is 1. The van der Waals surface area contributed by atoms with Crippen LogP contribution in [-0.2, 0) is 22.7 Å². The third-order valence-electron chi connectivity index (χ3n) is 4.59. The molecule has 2 atom stereocenters. The molecule has 2 amide bonds. The molecule has 0 saturated carbocycles. The smallest absolute Gasteiger partial charge is 0.237 e. The molecule has 134 valence electrons. The highest BCUT2D eigenvalue weighted by molar-refractivity contribution is 5.85. The molecule has 6 heteroatoms. The Hall–Kier alpha value is -1.59. The maximum atomic E-state index is 12.0. The zero-order valence-corrected chi connectivity index (χ0v) is 15.3. The predicted octanol–water partition coefficient (Wildman–Crippen LogP) is 2.22. The van der Waals surface area contributed by atoms with E-state index in [-0.39, 0.29) is 30.1 Å². The molecule has 1 heterocycles. The molecule has 1 aromatic rings. The van der Waals surface area contributed by atoms with Gasteiger partial charge in [-0.1, -0.05) is 44.5 Å². The van der Waals surface area contributed by atoms with Gasteiger partial charge in [0.2, 0.25) is 11.8 Å². The molecule has 1 aromatic carbocycles. The van der Waals surface area contributed by atoms with Crippen molar-refractivity contribution in [3.63, 3.8) is 0 Å². The second-order valence-corrected chi connectivity index (χ2v) is 6.36. The number of carbonyl (C=O) groups excluding carboxylic acids is 2. The van der Waals surface area contributed by atoms with E-state index >= 15 is 0 Å². The lowest BCUT2D eigenvalue weighted by Crippen LogP contribution is -2.44. The van der Waals surface area contributed by atoms with Crippen molar-refractivity contribution in [2.45, 2.75) is 52.2 Å². The van der Waals surface area contributed by atoms with Crippen LogP contribution in [0.4, 0.5) is 0 Å². The van der Waals surface area contributed by atoms with Gasteiger partial charge in [0.15, 0.2) is 0 Å². The molecule has 0 bridgehead atoms. The van der Waals surface area contributed by atoms with E-state index in [0.717, 1.165) is 30.5 Å². The van der Waals surface area contributed by atoms with Crippen molar-refractivity contribution in [2.24, 2.45) is 11.7 Å². The standard InChI is InChI=1S/C18H27N3O2.ClH/c1-3-13(2)17(19)18(23)20-11-14-6-8-15(9-7-14)12-21-10-4-5-16(21)22;/h6-9,13,17H,3-5,10-12,19H2,1-2H3,(H,20,23);1H. The Balaban J connectivity index is 0.00000288. The highest BCUT2D eigenvalue weighted by Gasteiger charge is 2.20. The fourth-order valence-electron chi connectivity index (χ4n) is 2.67. The van der Waals surface area contributed by atoms with Gasteiger partial charge in [-0.3, -0.25) is 9.59 Å². The van der Waals surface area contributed by atoms with Gasteiger partial charge in [0.25, 0.3) is 0 Å². The summed E-state index contributed by atoms with van der Waals surface area (Å²) in [6, 6.07) is 7.56. The first-order chi connectivity index (χ1) is 11.0. The van der Waals surface area contributed by atoms with Crippen molar-refractivity contribution >= 4 is 24.2 Å². The van der Waals surface area contributed by atoms with E-state index < -0.39 is 6.04 Å². The van der Waals surface area contributed by atoms with E-state index in [1.54, 1.807) is 0 Å². The van der Waals surface area contributed by atoms with Crippen LogP contribution in [0.5, 0.6) is 0 Å². The Morgan fingerprint density at radius 1 is 1.29 bits per heavy atom. The number of rotatable bonds is 7. The van der Waals surface area contributed by atoms with E-state index in [0.29, 0.717) is 19.5 Å². The molecule has 1 fully saturated rings. The number of hydrogen-bond donors (Lipinski definition) is 2. The number of hydrogen-bond acceptors (Lipinski definition) is 3. The zero-order valence-electron chi connectivity index (χ0n) is 14.5. The van der Waals surface area contributed by atoms with Gasteiger partial charge in [-0.2, -0.15) is 0 Å². The molecular weight excluding hydrogens is 326 g/mol. The van der Waals surface area contributed by atoms with Crippen molar-refractivity contribution in [3.05, 3.63) is 35.4 Å². The number of nitrogens with one attached hydrogen (secondary N) is 1. The van der Waals surface area contributed by atoms with Crippen LogP contribution >= 0.6 is 12.4 Å². The topological polar surface area (TPSA) is 75.4 Å². The minimum absolute atomic E-state index is 0. The minimum Gasteiger partial charge on any atom is -0.351 e. The SMILES string of the molecule is CCC(C)C(N)C(=O)NCc1ccc(CN2CCCC2=O)cc1.Cl. The fraction of sp³-hybridized carbons (Fsp3) is 0.556. The minimum atomic E-state index is -0.458. The van der Waals surface area contributed by atoms with Crippen molar-refractivity contribution in [1.29, 1.82) is 0 Å². The van der Waals surface area contributed by atoms with Gasteiger partial charge in [-0.05, 0) is 23.5 Å². The second kappa shape index (κ2) is 9.64. The van der Waals surface area contributed by atoms with Gasteiger partial charge in [0.05, 0.1) is 6.04 Å². The molecule has 24 heavy (non-hydrogen) atoms. The van der Waals surface area contributed by atoms with Crippen molar-refractivity contribution in [2.75, 3.05) is 6.54 Å². The summed E-state index contributed by atoms with van der Waals surface area (Å²) in [5, 5.41) is 2.89. The summed E-state index contributed by atoms with van der Waals surface area (Å²) in [6.45, 7) is 6.01. The average molecular weight is 354 g/mol. The van der Waals surface area contributed by atoms with Crippen LogP contribution in [-0.4, -0.2) is 29.3 Å². The number of nitrogens with two attached hydrogens (primary N) is 1. The largest absolute Gasteiger partial charge is 0.351 e. The molecule has 0 spiro atoms. The Kier molecular flexibility index (Phi) is 8.22. The number of likely N-dealkylation sites (tertiary alicyclic amines) is 1. The van der Waals surface area contributed by atoms with E-state index in [4.69, 9.17) is 5.73 Å². The molecule has 0 radical (unpaired) electrons. The predicted molar refractivity (Wildman–Crippen MR) is 97.6 cm³/mol. The molecule has 1 aliphatic rings. The van der Waals surface area contributed by atoms with Crippen LogP contribution in [0.25, 0.3) is 0 Å². The lowest BCUT2D eigenvalue weighted by Gasteiger charge is -2.18. The first-order valence-corrected chi connectivity index (χ1v) is 8.40. The van der Waals surface area contributed by atoms with E-state index in [9.17, 15) is 9.59 Å². The summed E-state index contributed by atoms with van der Waals surface area (Å²) in [5.74, 6) is 0.307. The van der Waals surface area contributed by atoms with Gasteiger partial charge in [-0.15, -0.1) is 12.4 Å². The lowest BCUT2D eigenvalue weighted by atomic mass is 9.99. The summed E-state index contributed by atoms with van der Waals surface area (Å²) >= 11 is 0. The Labute approximate surface area is 150 Å². The molecule has 0 aromatic heterocycles. The third-order valence-corrected chi connectivity index (χ3v) is 4.59. The van der Waals surface area contributed by atoms with Crippen LogP contribution in [0.1, 0.15) is 44.2 Å². The van der Waals surface area contributed by atoms with E-state index in [1.807, 2.05) is 43.0 Å². The van der Waals surface area contributed by atoms with E-state index in [1.165, 1.54) is 0 Å². The van der Waals surface area contributed by atoms with E-state index in [2.05, 4.69) is 5.32 Å². The maximum absolute atomic E-state index is 12.0. The second-order valence-electron chi connectivity index (χ2n) is 6.36. The Bertz CT molecular complexity index is 548. The van der Waals surface area contributed by atoms with Crippen LogP contribution in [0.2, 0.25) is 0 Å². The highest BCUT2D eigenvalue weighted by Crippen LogP contribution is 2.15. The van der Waals surface area contributed by atoms with Gasteiger partial charge in [-0.25, -0.2) is 0 Å². The summed E-state index contributed by atoms with van der Waals surface area (Å²) in [7, 11) is 0. The van der Waals surface area contributed by atoms with Crippen LogP contribution in [0, 0.1) is 5.92 Å². The molecule has 1 aliphatic heterocycles. The molecular formula is C18H28ClN3O2. The summed E-state index contributed by atoms with van der Waals surface area (Å²) in [6.07, 6.45) is 2.51. The monoisotopic (exact) mass is 353 g/mol. The number of halogens is 1. The molecule has 1 saturated heterocycles. The number of amides is 2. The van der Waals surface area contributed by atoms with Crippen molar-refractivity contribution in [3.8, 4) is 0 Å². The van der Waals surface area contributed by atoms with Gasteiger partial charge in [0, 0.05) is 26.1 Å². The number of benzene rings is 1. The average Bonchev–Trinajstić information content (AvgIpc) is 2.97. The third kappa shape index (κ3) is 5.49. The lowest BCUT2D eigenvalue weighted by molar-refractivity contribution is -0.128. The van der Waals surface area contributed by atoms with Crippen LogP contribution in [0.15, 0.2) is 24.3 Å². The van der Waals surface area contributed by atoms with Crippen LogP contribution < -0.4 is 11.1 Å². The van der Waals surface area contributed by atoms with Gasteiger partial charge < -0.3 is 16.0 Å². The van der Waals surface area contributed by atoms with Crippen LogP contribution in [0.3, 0.4) is 0 Å². The molecule has 5 nitrogen and oxygen atoms in total. The van der Waals surface area contributed by atoms with Crippen molar-refractivity contribution < 1.29 is 9.59 Å². The molecule has 0 aliphatic carbocycles. The van der Waals surface area contributed by atoms with Gasteiger partial charge in [0.1, 0.15) is 0 Å². The first-order valence-electron chi connectivity index (χ1n) is 8.40.